The zero-order valence-electron chi connectivity index (χ0n) is 14.2. The van der Waals surface area contributed by atoms with Crippen LogP contribution in [0.25, 0.3) is 16.9 Å². The molecule has 1 fully saturated rings. The summed E-state index contributed by atoms with van der Waals surface area (Å²) in [5.74, 6) is 1.80. The first-order valence-corrected chi connectivity index (χ1v) is 8.45. The maximum atomic E-state index is 6.36. The monoisotopic (exact) mass is 339 g/mol. The lowest BCUT2D eigenvalue weighted by atomic mass is 9.93. The van der Waals surface area contributed by atoms with E-state index in [4.69, 9.17) is 20.2 Å². The second-order valence-electron chi connectivity index (χ2n) is 6.28. The molecule has 3 aromatic rings. The summed E-state index contributed by atoms with van der Waals surface area (Å²) < 4.78 is 12.7. The molecule has 0 bridgehead atoms. The summed E-state index contributed by atoms with van der Waals surface area (Å²) in [6.07, 6.45) is 8.18. The minimum absolute atomic E-state index is 0.535. The topological polar surface area (TPSA) is 88.1 Å². The van der Waals surface area contributed by atoms with Gasteiger partial charge in [0.1, 0.15) is 12.1 Å². The molecule has 1 aromatic carbocycles. The van der Waals surface area contributed by atoms with Crippen molar-refractivity contribution in [2.45, 2.75) is 19.3 Å². The summed E-state index contributed by atoms with van der Waals surface area (Å²) in [4.78, 5) is 13.6. The third kappa shape index (κ3) is 3.02. The minimum atomic E-state index is 0.535. The number of benzene rings is 1. The van der Waals surface area contributed by atoms with Crippen LogP contribution in [0.4, 0.5) is 5.69 Å². The van der Waals surface area contributed by atoms with Gasteiger partial charge in [-0.05, 0) is 37.3 Å². The SMILES string of the molecule is COc1ccc2nc(-n3ccnc3)nc(CC3CCOCC3)c2c1N. The molecule has 1 saturated heterocycles. The molecule has 2 aromatic heterocycles. The van der Waals surface area contributed by atoms with Crippen LogP contribution in [0.15, 0.2) is 30.9 Å². The van der Waals surface area contributed by atoms with E-state index < -0.39 is 0 Å². The largest absolute Gasteiger partial charge is 0.495 e. The van der Waals surface area contributed by atoms with Crippen LogP contribution in [0, 0.1) is 5.92 Å². The fraction of sp³-hybridized carbons (Fsp3) is 0.389. The van der Waals surface area contributed by atoms with E-state index in [1.165, 1.54) is 0 Å². The predicted octanol–water partition coefficient (Wildman–Crippen LogP) is 2.38. The number of aromatic nitrogens is 4. The quantitative estimate of drug-likeness (QED) is 0.734. The normalized spacial score (nSPS) is 15.6. The second-order valence-corrected chi connectivity index (χ2v) is 6.28. The van der Waals surface area contributed by atoms with Crippen molar-refractivity contribution in [2.75, 3.05) is 26.1 Å². The Labute approximate surface area is 145 Å². The molecule has 1 aliphatic heterocycles. The molecule has 7 nitrogen and oxygen atoms in total. The third-order valence-corrected chi connectivity index (χ3v) is 4.71. The highest BCUT2D eigenvalue weighted by atomic mass is 16.5. The van der Waals surface area contributed by atoms with Gasteiger partial charge in [-0.15, -0.1) is 0 Å². The number of nitrogens with zero attached hydrogens (tertiary/aromatic N) is 4. The van der Waals surface area contributed by atoms with E-state index in [2.05, 4.69) is 9.97 Å². The standard InChI is InChI=1S/C18H21N5O2/c1-24-15-3-2-13-16(17(15)19)14(10-12-4-8-25-9-5-12)22-18(21-13)23-7-6-20-11-23/h2-3,6-7,11-12H,4-5,8-10,19H2,1H3. The van der Waals surface area contributed by atoms with Crippen molar-refractivity contribution in [3.8, 4) is 11.7 Å². The lowest BCUT2D eigenvalue weighted by molar-refractivity contribution is 0.0663. The summed E-state index contributed by atoms with van der Waals surface area (Å²) in [6.45, 7) is 1.61. The molecule has 1 aliphatic rings. The number of anilines is 1. The Hall–Kier alpha value is -2.67. The zero-order valence-corrected chi connectivity index (χ0v) is 14.2. The molecule has 0 radical (unpaired) electrons. The third-order valence-electron chi connectivity index (χ3n) is 4.71. The highest BCUT2D eigenvalue weighted by molar-refractivity contribution is 5.95. The molecule has 25 heavy (non-hydrogen) atoms. The average molecular weight is 339 g/mol. The number of nitrogen functional groups attached to an aromatic ring is 1. The molecule has 3 heterocycles. The molecule has 0 unspecified atom stereocenters. The van der Waals surface area contributed by atoms with Crippen molar-refractivity contribution in [3.05, 3.63) is 36.5 Å². The minimum Gasteiger partial charge on any atom is -0.495 e. The van der Waals surface area contributed by atoms with Gasteiger partial charge < -0.3 is 15.2 Å². The number of ether oxygens (including phenoxy) is 2. The molecule has 2 N–H and O–H groups in total. The Bertz CT molecular complexity index is 873. The van der Waals surface area contributed by atoms with Gasteiger partial charge in [0.15, 0.2) is 0 Å². The van der Waals surface area contributed by atoms with E-state index >= 15 is 0 Å². The van der Waals surface area contributed by atoms with Crippen molar-refractivity contribution >= 4 is 16.6 Å². The van der Waals surface area contributed by atoms with Crippen LogP contribution in [0.3, 0.4) is 0 Å². The van der Waals surface area contributed by atoms with E-state index in [1.54, 1.807) is 19.6 Å². The van der Waals surface area contributed by atoms with E-state index in [0.29, 0.717) is 23.3 Å². The molecular weight excluding hydrogens is 318 g/mol. The molecule has 7 heteroatoms. The van der Waals surface area contributed by atoms with E-state index in [1.807, 2.05) is 22.9 Å². The molecule has 0 atom stereocenters. The molecule has 130 valence electrons. The second kappa shape index (κ2) is 6.68. The summed E-state index contributed by atoms with van der Waals surface area (Å²) in [6, 6.07) is 3.78. The van der Waals surface area contributed by atoms with Gasteiger partial charge in [0.25, 0.3) is 0 Å². The first-order chi connectivity index (χ1) is 12.3. The molecule has 0 amide bonds. The maximum absolute atomic E-state index is 6.36. The van der Waals surface area contributed by atoms with E-state index in [0.717, 1.165) is 49.1 Å². The van der Waals surface area contributed by atoms with Gasteiger partial charge >= 0.3 is 0 Å². The van der Waals surface area contributed by atoms with Gasteiger partial charge in [0.2, 0.25) is 5.95 Å². The van der Waals surface area contributed by atoms with Crippen molar-refractivity contribution in [2.24, 2.45) is 5.92 Å². The summed E-state index contributed by atoms with van der Waals surface area (Å²) in [5.41, 5.74) is 8.73. The number of methoxy groups -OCH3 is 1. The lowest BCUT2D eigenvalue weighted by Crippen LogP contribution is -2.19. The lowest BCUT2D eigenvalue weighted by Gasteiger charge is -2.22. The van der Waals surface area contributed by atoms with Crippen LogP contribution in [-0.2, 0) is 11.2 Å². The van der Waals surface area contributed by atoms with Crippen LogP contribution < -0.4 is 10.5 Å². The molecule has 0 saturated carbocycles. The number of nitrogens with two attached hydrogens (primary N) is 1. The van der Waals surface area contributed by atoms with Crippen molar-refractivity contribution in [3.63, 3.8) is 0 Å². The van der Waals surface area contributed by atoms with Crippen LogP contribution in [0.2, 0.25) is 0 Å². The number of hydrogen-bond donors (Lipinski definition) is 1. The number of fused-ring (bicyclic) bond motifs is 1. The number of rotatable bonds is 4. The van der Waals surface area contributed by atoms with Crippen molar-refractivity contribution in [1.82, 2.24) is 19.5 Å². The van der Waals surface area contributed by atoms with Crippen LogP contribution >= 0.6 is 0 Å². The molecule has 0 spiro atoms. The predicted molar refractivity (Wildman–Crippen MR) is 94.9 cm³/mol. The van der Waals surface area contributed by atoms with Gasteiger partial charge in [-0.2, -0.15) is 0 Å². The van der Waals surface area contributed by atoms with Gasteiger partial charge in [0, 0.05) is 31.0 Å². The Balaban J connectivity index is 1.85. The Morgan fingerprint density at radius 2 is 2.12 bits per heavy atom. The van der Waals surface area contributed by atoms with Gasteiger partial charge in [0.05, 0.1) is 24.0 Å². The van der Waals surface area contributed by atoms with Crippen molar-refractivity contribution in [1.29, 1.82) is 0 Å². The average Bonchev–Trinajstić information content (AvgIpc) is 3.17. The zero-order chi connectivity index (χ0) is 17.2. The fourth-order valence-electron chi connectivity index (χ4n) is 3.34. The summed E-state index contributed by atoms with van der Waals surface area (Å²) >= 11 is 0. The number of imidazole rings is 1. The highest BCUT2D eigenvalue weighted by Gasteiger charge is 2.20. The van der Waals surface area contributed by atoms with Crippen LogP contribution in [0.5, 0.6) is 5.75 Å². The Morgan fingerprint density at radius 1 is 1.28 bits per heavy atom. The summed E-state index contributed by atoms with van der Waals surface area (Å²) in [5, 5.41) is 0.884. The first kappa shape index (κ1) is 15.8. The Morgan fingerprint density at radius 3 is 2.84 bits per heavy atom. The maximum Gasteiger partial charge on any atom is 0.235 e. The van der Waals surface area contributed by atoms with E-state index in [-0.39, 0.29) is 0 Å². The highest BCUT2D eigenvalue weighted by Crippen LogP contribution is 2.33. The van der Waals surface area contributed by atoms with Crippen LogP contribution in [-0.4, -0.2) is 39.8 Å². The molecular formula is C18H21N5O2. The van der Waals surface area contributed by atoms with Gasteiger partial charge in [-0.25, -0.2) is 15.0 Å². The van der Waals surface area contributed by atoms with Gasteiger partial charge in [-0.1, -0.05) is 0 Å². The molecule has 4 rings (SSSR count). The first-order valence-electron chi connectivity index (χ1n) is 8.45. The smallest absolute Gasteiger partial charge is 0.235 e. The van der Waals surface area contributed by atoms with Gasteiger partial charge in [-0.3, -0.25) is 4.57 Å². The fourth-order valence-corrected chi connectivity index (χ4v) is 3.34. The van der Waals surface area contributed by atoms with E-state index in [9.17, 15) is 0 Å². The van der Waals surface area contributed by atoms with Crippen molar-refractivity contribution < 1.29 is 9.47 Å². The Kier molecular flexibility index (Phi) is 4.23. The number of hydrogen-bond acceptors (Lipinski definition) is 6. The summed E-state index contributed by atoms with van der Waals surface area (Å²) in [7, 11) is 1.62. The van der Waals surface area contributed by atoms with Crippen LogP contribution in [0.1, 0.15) is 18.5 Å². The molecule has 0 aliphatic carbocycles.